The molecule has 0 bridgehead atoms. The first kappa shape index (κ1) is 12.9. The summed E-state index contributed by atoms with van der Waals surface area (Å²) >= 11 is 0. The number of carbonyl (C=O) groups is 1. The molecular formula is C13H15N3O3. The molecule has 3 N–H and O–H groups in total. The number of carboxylic acids is 1. The number of nitrogens with zero attached hydrogens (tertiary/aromatic N) is 1. The van der Waals surface area contributed by atoms with Gasteiger partial charge in [0.25, 0.3) is 0 Å². The molecule has 0 aliphatic heterocycles. The Morgan fingerprint density at radius 2 is 2.21 bits per heavy atom. The number of nitrogens with one attached hydrogen (secondary N) is 2. The van der Waals surface area contributed by atoms with E-state index in [0.717, 1.165) is 11.4 Å². The van der Waals surface area contributed by atoms with E-state index >= 15 is 0 Å². The first-order valence-electron chi connectivity index (χ1n) is 5.80. The molecule has 6 heteroatoms. The van der Waals surface area contributed by atoms with Crippen LogP contribution in [-0.4, -0.2) is 34.2 Å². The monoisotopic (exact) mass is 261 g/mol. The van der Waals surface area contributed by atoms with Gasteiger partial charge in [-0.2, -0.15) is 0 Å². The van der Waals surface area contributed by atoms with E-state index in [2.05, 4.69) is 15.3 Å². The van der Waals surface area contributed by atoms with Gasteiger partial charge in [0, 0.05) is 18.3 Å². The van der Waals surface area contributed by atoms with Crippen molar-refractivity contribution < 1.29 is 14.6 Å². The van der Waals surface area contributed by atoms with Gasteiger partial charge in [-0.3, -0.25) is 0 Å². The van der Waals surface area contributed by atoms with Crippen LogP contribution in [0.4, 0.5) is 5.69 Å². The standard InChI is InChI=1S/C13H15N3O3/c1-19-11-4-2-9(3-5-11)16-12(13(17)18)6-10-7-14-8-15-10/h2-5,7-8,12,16H,6H2,1H3,(H,14,15)(H,17,18). The maximum Gasteiger partial charge on any atom is 0.326 e. The lowest BCUT2D eigenvalue weighted by molar-refractivity contribution is -0.137. The molecule has 0 radical (unpaired) electrons. The molecule has 100 valence electrons. The van der Waals surface area contributed by atoms with Crippen molar-refractivity contribution in [1.82, 2.24) is 9.97 Å². The second-order valence-corrected chi connectivity index (χ2v) is 4.03. The first-order valence-corrected chi connectivity index (χ1v) is 5.80. The lowest BCUT2D eigenvalue weighted by Crippen LogP contribution is -2.31. The maximum atomic E-state index is 11.2. The Morgan fingerprint density at radius 1 is 1.47 bits per heavy atom. The molecule has 0 spiro atoms. The minimum Gasteiger partial charge on any atom is -0.497 e. The largest absolute Gasteiger partial charge is 0.497 e. The van der Waals surface area contributed by atoms with Gasteiger partial charge < -0.3 is 20.1 Å². The number of aromatic nitrogens is 2. The van der Waals surface area contributed by atoms with Crippen molar-refractivity contribution in [1.29, 1.82) is 0 Å². The minimum atomic E-state index is -0.918. The van der Waals surface area contributed by atoms with E-state index in [4.69, 9.17) is 4.74 Å². The fourth-order valence-electron chi connectivity index (χ4n) is 1.70. The molecule has 0 aliphatic rings. The van der Waals surface area contributed by atoms with Crippen molar-refractivity contribution in [2.24, 2.45) is 0 Å². The number of hydrogen-bond acceptors (Lipinski definition) is 4. The second kappa shape index (κ2) is 5.90. The highest BCUT2D eigenvalue weighted by molar-refractivity contribution is 5.77. The molecule has 1 unspecified atom stereocenters. The van der Waals surface area contributed by atoms with E-state index in [1.807, 2.05) is 0 Å². The van der Waals surface area contributed by atoms with Gasteiger partial charge in [0.2, 0.25) is 0 Å². The number of carboxylic acid groups (broad SMARTS) is 1. The number of imidazole rings is 1. The smallest absolute Gasteiger partial charge is 0.326 e. The molecule has 1 aromatic heterocycles. The third-order valence-corrected chi connectivity index (χ3v) is 2.70. The summed E-state index contributed by atoms with van der Waals surface area (Å²) in [5.41, 5.74) is 1.43. The second-order valence-electron chi connectivity index (χ2n) is 4.03. The van der Waals surface area contributed by atoms with E-state index in [0.29, 0.717) is 12.1 Å². The normalized spacial score (nSPS) is 11.8. The summed E-state index contributed by atoms with van der Waals surface area (Å²) in [6.07, 6.45) is 3.53. The predicted octanol–water partition coefficient (Wildman–Crippen LogP) is 1.53. The number of hydrogen-bond donors (Lipinski definition) is 3. The molecule has 19 heavy (non-hydrogen) atoms. The van der Waals surface area contributed by atoms with Crippen molar-refractivity contribution in [3.05, 3.63) is 42.5 Å². The molecule has 0 fully saturated rings. The summed E-state index contributed by atoms with van der Waals surface area (Å²) in [5, 5.41) is 12.2. The van der Waals surface area contributed by atoms with Gasteiger partial charge in [-0.1, -0.05) is 0 Å². The lowest BCUT2D eigenvalue weighted by Gasteiger charge is -2.15. The summed E-state index contributed by atoms with van der Waals surface area (Å²) < 4.78 is 5.05. The number of benzene rings is 1. The molecule has 6 nitrogen and oxygen atoms in total. The first-order chi connectivity index (χ1) is 9.19. The Morgan fingerprint density at radius 3 is 2.74 bits per heavy atom. The predicted molar refractivity (Wildman–Crippen MR) is 70.3 cm³/mol. The van der Waals surface area contributed by atoms with E-state index < -0.39 is 12.0 Å². The van der Waals surface area contributed by atoms with Gasteiger partial charge in [-0.05, 0) is 24.3 Å². The summed E-state index contributed by atoms with van der Waals surface area (Å²) in [4.78, 5) is 18.1. The van der Waals surface area contributed by atoms with Gasteiger partial charge in [0.05, 0.1) is 19.1 Å². The van der Waals surface area contributed by atoms with Crippen molar-refractivity contribution in [3.63, 3.8) is 0 Å². The van der Waals surface area contributed by atoms with Gasteiger partial charge in [-0.25, -0.2) is 9.78 Å². The number of H-pyrrole nitrogens is 1. The van der Waals surface area contributed by atoms with Crippen molar-refractivity contribution >= 4 is 11.7 Å². The molecule has 2 aromatic rings. The minimum absolute atomic E-state index is 0.310. The fourth-order valence-corrected chi connectivity index (χ4v) is 1.70. The highest BCUT2D eigenvalue weighted by Crippen LogP contribution is 2.16. The zero-order valence-electron chi connectivity index (χ0n) is 10.5. The maximum absolute atomic E-state index is 11.2. The molecule has 1 atom stereocenters. The van der Waals surface area contributed by atoms with Crippen molar-refractivity contribution in [2.45, 2.75) is 12.5 Å². The number of anilines is 1. The van der Waals surface area contributed by atoms with Crippen molar-refractivity contribution in [2.75, 3.05) is 12.4 Å². The number of rotatable bonds is 6. The summed E-state index contributed by atoms with van der Waals surface area (Å²) in [6, 6.07) is 6.38. The van der Waals surface area contributed by atoms with Crippen LogP contribution in [0.5, 0.6) is 5.75 Å². The molecular weight excluding hydrogens is 246 g/mol. The Kier molecular flexibility index (Phi) is 4.02. The summed E-state index contributed by atoms with van der Waals surface area (Å²) in [5.74, 6) is -0.191. The molecule has 1 aromatic carbocycles. The molecule has 0 saturated carbocycles. The average molecular weight is 261 g/mol. The molecule has 0 aliphatic carbocycles. The van der Waals surface area contributed by atoms with Crippen LogP contribution in [0.2, 0.25) is 0 Å². The van der Waals surface area contributed by atoms with Gasteiger partial charge in [0.15, 0.2) is 0 Å². The Bertz CT molecular complexity index is 523. The molecule has 0 amide bonds. The zero-order valence-corrected chi connectivity index (χ0v) is 10.5. The van der Waals surface area contributed by atoms with Gasteiger partial charge in [0.1, 0.15) is 11.8 Å². The summed E-state index contributed by atoms with van der Waals surface area (Å²) in [7, 11) is 1.58. The van der Waals surface area contributed by atoms with Crippen LogP contribution >= 0.6 is 0 Å². The quantitative estimate of drug-likeness (QED) is 0.734. The van der Waals surface area contributed by atoms with Crippen LogP contribution < -0.4 is 10.1 Å². The summed E-state index contributed by atoms with van der Waals surface area (Å²) in [6.45, 7) is 0. The van der Waals surface area contributed by atoms with Crippen LogP contribution in [0.15, 0.2) is 36.8 Å². The van der Waals surface area contributed by atoms with E-state index in [9.17, 15) is 9.90 Å². The third kappa shape index (κ3) is 3.48. The van der Waals surface area contributed by atoms with Gasteiger partial charge in [-0.15, -0.1) is 0 Å². The van der Waals surface area contributed by atoms with Crippen LogP contribution in [0.3, 0.4) is 0 Å². The highest BCUT2D eigenvalue weighted by Gasteiger charge is 2.18. The molecule has 1 heterocycles. The molecule has 2 rings (SSSR count). The highest BCUT2D eigenvalue weighted by atomic mass is 16.5. The molecule has 0 saturated heterocycles. The Hall–Kier alpha value is -2.50. The van der Waals surface area contributed by atoms with Crippen LogP contribution in [0.25, 0.3) is 0 Å². The number of aromatic amines is 1. The van der Waals surface area contributed by atoms with E-state index in [-0.39, 0.29) is 0 Å². The van der Waals surface area contributed by atoms with Crippen LogP contribution in [0.1, 0.15) is 5.69 Å². The zero-order chi connectivity index (χ0) is 13.7. The number of methoxy groups -OCH3 is 1. The van der Waals surface area contributed by atoms with Crippen molar-refractivity contribution in [3.8, 4) is 5.75 Å². The SMILES string of the molecule is COc1ccc(NC(Cc2c[nH]cn2)C(=O)O)cc1. The Labute approximate surface area is 110 Å². The lowest BCUT2D eigenvalue weighted by atomic mass is 10.1. The topological polar surface area (TPSA) is 87.2 Å². The number of ether oxygens (including phenoxy) is 1. The Balaban J connectivity index is 2.05. The van der Waals surface area contributed by atoms with E-state index in [1.54, 1.807) is 37.6 Å². The number of aliphatic carboxylic acids is 1. The van der Waals surface area contributed by atoms with E-state index in [1.165, 1.54) is 6.33 Å². The van der Waals surface area contributed by atoms with Gasteiger partial charge >= 0.3 is 5.97 Å². The van der Waals surface area contributed by atoms with Crippen LogP contribution in [-0.2, 0) is 11.2 Å². The fraction of sp³-hybridized carbons (Fsp3) is 0.231. The third-order valence-electron chi connectivity index (χ3n) is 2.70. The average Bonchev–Trinajstić information content (AvgIpc) is 2.91. The van der Waals surface area contributed by atoms with Crippen LogP contribution in [0, 0.1) is 0 Å².